The first kappa shape index (κ1) is 17.8. The molecule has 2 amide bonds. The summed E-state index contributed by atoms with van der Waals surface area (Å²) in [6.07, 6.45) is -1.03. The first-order valence-corrected chi connectivity index (χ1v) is 8.69. The number of thiol groups is 1. The lowest BCUT2D eigenvalue weighted by molar-refractivity contribution is -0.118. The van der Waals surface area contributed by atoms with Gasteiger partial charge in [-0.3, -0.25) is 9.69 Å². The lowest BCUT2D eigenvalue weighted by atomic mass is 10.2. The van der Waals surface area contributed by atoms with Crippen LogP contribution in [0.15, 0.2) is 18.2 Å². The van der Waals surface area contributed by atoms with Gasteiger partial charge in [0.2, 0.25) is 5.91 Å². The fourth-order valence-electron chi connectivity index (χ4n) is 2.85. The number of morpholine rings is 1. The van der Waals surface area contributed by atoms with Crippen molar-refractivity contribution in [3.63, 3.8) is 0 Å². The van der Waals surface area contributed by atoms with Crippen molar-refractivity contribution in [1.29, 1.82) is 0 Å². The second kappa shape index (κ2) is 7.92. The Balaban J connectivity index is 1.66. The highest BCUT2D eigenvalue weighted by atomic mass is 32.1. The van der Waals surface area contributed by atoms with Crippen molar-refractivity contribution in [2.75, 3.05) is 54.9 Å². The van der Waals surface area contributed by atoms with Gasteiger partial charge in [-0.2, -0.15) is 12.6 Å². The predicted octanol–water partition coefficient (Wildman–Crippen LogP) is 1.03. The molecule has 0 radical (unpaired) electrons. The van der Waals surface area contributed by atoms with E-state index in [1.54, 1.807) is 12.1 Å². The normalized spacial score (nSPS) is 20.6. The van der Waals surface area contributed by atoms with Gasteiger partial charge in [0.05, 0.1) is 43.4 Å². The number of carbonyl (C=O) groups excluding carboxylic acids is 2. The van der Waals surface area contributed by atoms with Crippen molar-refractivity contribution in [3.8, 4) is 0 Å². The smallest absolute Gasteiger partial charge is 0.414 e. The first-order chi connectivity index (χ1) is 12.1. The summed E-state index contributed by atoms with van der Waals surface area (Å²) in [5.74, 6) is -0.559. The quantitative estimate of drug-likeness (QED) is 0.759. The van der Waals surface area contributed by atoms with Crippen molar-refractivity contribution >= 4 is 36.0 Å². The zero-order valence-corrected chi connectivity index (χ0v) is 14.5. The van der Waals surface area contributed by atoms with Crippen molar-refractivity contribution in [1.82, 2.24) is 5.32 Å². The van der Waals surface area contributed by atoms with E-state index in [-0.39, 0.29) is 30.6 Å². The maximum Gasteiger partial charge on any atom is 0.414 e. The number of carbonyl (C=O) groups is 2. The Bertz CT molecular complexity index is 654. The maximum atomic E-state index is 14.5. The van der Waals surface area contributed by atoms with Crippen LogP contribution in [-0.2, 0) is 14.3 Å². The third-order valence-electron chi connectivity index (χ3n) is 4.14. The molecule has 2 saturated heterocycles. The number of halogens is 1. The Morgan fingerprint density at radius 2 is 2.12 bits per heavy atom. The molecule has 2 aliphatic rings. The van der Waals surface area contributed by atoms with Crippen LogP contribution >= 0.6 is 12.6 Å². The van der Waals surface area contributed by atoms with E-state index in [9.17, 15) is 14.0 Å². The molecule has 0 bridgehead atoms. The van der Waals surface area contributed by atoms with Crippen molar-refractivity contribution in [2.24, 2.45) is 0 Å². The van der Waals surface area contributed by atoms with Gasteiger partial charge in [-0.15, -0.1) is 0 Å². The van der Waals surface area contributed by atoms with Gasteiger partial charge < -0.3 is 19.7 Å². The van der Waals surface area contributed by atoms with E-state index in [0.717, 1.165) is 0 Å². The Hall–Kier alpha value is -2.00. The molecule has 1 atom stereocenters. The van der Waals surface area contributed by atoms with E-state index < -0.39 is 12.2 Å². The van der Waals surface area contributed by atoms with Gasteiger partial charge in [0, 0.05) is 13.1 Å². The predicted molar refractivity (Wildman–Crippen MR) is 93.9 cm³/mol. The molecule has 25 heavy (non-hydrogen) atoms. The third-order valence-corrected chi connectivity index (χ3v) is 4.43. The molecular formula is C16H20FN3O4S. The van der Waals surface area contributed by atoms with Crippen LogP contribution in [0.2, 0.25) is 0 Å². The Morgan fingerprint density at radius 1 is 1.36 bits per heavy atom. The first-order valence-electron chi connectivity index (χ1n) is 8.06. The summed E-state index contributed by atoms with van der Waals surface area (Å²) >= 11 is 3.87. The maximum absolute atomic E-state index is 14.5. The number of rotatable bonds is 5. The number of cyclic esters (lactones) is 1. The van der Waals surface area contributed by atoms with Gasteiger partial charge >= 0.3 is 6.09 Å². The van der Waals surface area contributed by atoms with Crippen molar-refractivity contribution in [3.05, 3.63) is 24.0 Å². The number of hydrogen-bond donors (Lipinski definition) is 2. The number of ether oxygens (including phenoxy) is 2. The van der Waals surface area contributed by atoms with Crippen LogP contribution in [0.4, 0.5) is 20.6 Å². The molecule has 0 spiro atoms. The summed E-state index contributed by atoms with van der Waals surface area (Å²) in [7, 11) is 0. The molecule has 0 saturated carbocycles. The molecule has 2 aliphatic heterocycles. The summed E-state index contributed by atoms with van der Waals surface area (Å²) in [6.45, 7) is 2.86. The lowest BCUT2D eigenvalue weighted by Crippen LogP contribution is -2.37. The average Bonchev–Trinajstić information content (AvgIpc) is 3.01. The average molecular weight is 369 g/mol. The van der Waals surface area contributed by atoms with Gasteiger partial charge in [-0.05, 0) is 18.2 Å². The molecule has 1 N–H and O–H groups in total. The SMILES string of the molecule is O=C(CS)NC[C@H]1CN(c2ccc(N3CCOCC3)c(F)c2)C(=O)O1. The molecule has 1 aromatic carbocycles. The van der Waals surface area contributed by atoms with Gasteiger partial charge in [-0.25, -0.2) is 9.18 Å². The van der Waals surface area contributed by atoms with Crippen LogP contribution in [0.5, 0.6) is 0 Å². The van der Waals surface area contributed by atoms with Crippen LogP contribution in [0.1, 0.15) is 0 Å². The number of anilines is 2. The molecular weight excluding hydrogens is 349 g/mol. The number of hydrogen-bond acceptors (Lipinski definition) is 6. The van der Waals surface area contributed by atoms with Crippen LogP contribution < -0.4 is 15.1 Å². The summed E-state index contributed by atoms with van der Waals surface area (Å²) in [5.41, 5.74) is 0.930. The minimum absolute atomic E-state index is 0.0680. The number of nitrogens with zero attached hydrogens (tertiary/aromatic N) is 2. The van der Waals surface area contributed by atoms with Crippen molar-refractivity contribution < 1.29 is 23.5 Å². The Kier molecular flexibility index (Phi) is 5.64. The monoisotopic (exact) mass is 369 g/mol. The summed E-state index contributed by atoms with van der Waals surface area (Å²) < 4.78 is 25.0. The number of benzene rings is 1. The van der Waals surface area contributed by atoms with Gasteiger partial charge in [0.15, 0.2) is 0 Å². The van der Waals surface area contributed by atoms with Gasteiger partial charge in [0.1, 0.15) is 11.9 Å². The summed E-state index contributed by atoms with van der Waals surface area (Å²) in [6, 6.07) is 4.70. The minimum Gasteiger partial charge on any atom is -0.442 e. The van der Waals surface area contributed by atoms with E-state index in [2.05, 4.69) is 17.9 Å². The largest absolute Gasteiger partial charge is 0.442 e. The lowest BCUT2D eigenvalue weighted by Gasteiger charge is -2.29. The highest BCUT2D eigenvalue weighted by molar-refractivity contribution is 7.81. The third kappa shape index (κ3) is 4.16. The van der Waals surface area contributed by atoms with Crippen LogP contribution in [-0.4, -0.2) is 63.3 Å². The summed E-state index contributed by atoms with van der Waals surface area (Å²) in [4.78, 5) is 26.5. The topological polar surface area (TPSA) is 71.1 Å². The summed E-state index contributed by atoms with van der Waals surface area (Å²) in [5, 5.41) is 2.62. The highest BCUT2D eigenvalue weighted by Gasteiger charge is 2.33. The Morgan fingerprint density at radius 3 is 2.80 bits per heavy atom. The zero-order valence-electron chi connectivity index (χ0n) is 13.6. The molecule has 0 unspecified atom stereocenters. The van der Waals surface area contributed by atoms with E-state index >= 15 is 0 Å². The fourth-order valence-corrected chi connectivity index (χ4v) is 2.96. The van der Waals surface area contributed by atoms with Crippen LogP contribution in [0.3, 0.4) is 0 Å². The molecule has 9 heteroatoms. The molecule has 2 heterocycles. The molecule has 1 aromatic rings. The minimum atomic E-state index is -0.552. The van der Waals surface area contributed by atoms with Gasteiger partial charge in [-0.1, -0.05) is 0 Å². The standard InChI is InChI=1S/C16H20FN3O4S/c17-13-7-11(1-2-14(13)19-3-5-23-6-4-19)20-9-12(24-16(20)22)8-18-15(21)10-25/h1-2,7,12,25H,3-6,8-10H2,(H,18,21)/t12-/m0/s1. The highest BCUT2D eigenvalue weighted by Crippen LogP contribution is 2.28. The molecule has 0 aromatic heterocycles. The van der Waals surface area contributed by atoms with Crippen molar-refractivity contribution in [2.45, 2.75) is 6.10 Å². The fraction of sp³-hybridized carbons (Fsp3) is 0.500. The van der Waals surface area contributed by atoms with E-state index in [1.165, 1.54) is 11.0 Å². The Labute approximate surface area is 150 Å². The molecule has 136 valence electrons. The van der Waals surface area contributed by atoms with Crippen LogP contribution in [0.25, 0.3) is 0 Å². The van der Waals surface area contributed by atoms with E-state index in [0.29, 0.717) is 37.7 Å². The second-order valence-corrected chi connectivity index (χ2v) is 6.13. The van der Waals surface area contributed by atoms with E-state index in [1.807, 2.05) is 4.90 Å². The second-order valence-electron chi connectivity index (χ2n) is 5.81. The molecule has 2 fully saturated rings. The molecule has 3 rings (SSSR count). The van der Waals surface area contributed by atoms with Crippen LogP contribution in [0, 0.1) is 5.82 Å². The number of amides is 2. The molecule has 7 nitrogen and oxygen atoms in total. The van der Waals surface area contributed by atoms with Gasteiger partial charge in [0.25, 0.3) is 0 Å². The number of nitrogens with one attached hydrogen (secondary N) is 1. The zero-order chi connectivity index (χ0) is 17.8. The molecule has 0 aliphatic carbocycles. The van der Waals surface area contributed by atoms with E-state index in [4.69, 9.17) is 9.47 Å².